The molecule has 0 N–H and O–H groups in total. The zero-order chi connectivity index (χ0) is 18.2. The zero-order valence-corrected chi connectivity index (χ0v) is 13.7. The fourth-order valence-electron chi connectivity index (χ4n) is 2.35. The van der Waals surface area contributed by atoms with Gasteiger partial charge in [0, 0.05) is 12.3 Å². The summed E-state index contributed by atoms with van der Waals surface area (Å²) in [5, 5.41) is 16.7. The average Bonchev–Trinajstić information content (AvgIpc) is 2.96. The molecule has 7 nitrogen and oxygen atoms in total. The highest BCUT2D eigenvalue weighted by Gasteiger charge is 2.29. The summed E-state index contributed by atoms with van der Waals surface area (Å²) in [6.07, 6.45) is 1.59. The molecule has 0 aliphatic heterocycles. The van der Waals surface area contributed by atoms with Gasteiger partial charge < -0.3 is 0 Å². The highest BCUT2D eigenvalue weighted by Crippen LogP contribution is 2.27. The predicted molar refractivity (Wildman–Crippen MR) is 84.2 cm³/mol. The Morgan fingerprint density at radius 3 is 2.68 bits per heavy atom. The minimum atomic E-state index is -4.26. The van der Waals surface area contributed by atoms with Crippen molar-refractivity contribution >= 4 is 21.4 Å². The first-order valence-electron chi connectivity index (χ1n) is 7.01. The molecule has 0 saturated heterocycles. The van der Waals surface area contributed by atoms with Gasteiger partial charge in [0.05, 0.1) is 11.8 Å². The number of nitrogens with zero attached hydrogens (tertiary/aromatic N) is 5. The molecule has 0 saturated carbocycles. The third-order valence-electron chi connectivity index (χ3n) is 3.54. The van der Waals surface area contributed by atoms with E-state index in [-0.39, 0.29) is 16.2 Å². The molecular weight excluding hydrogens is 352 g/mol. The van der Waals surface area contributed by atoms with Crippen molar-refractivity contribution in [2.45, 2.75) is 11.8 Å². The highest BCUT2D eigenvalue weighted by molar-refractivity contribution is 7.93. The summed E-state index contributed by atoms with van der Waals surface area (Å²) in [6, 6.07) is 7.12. The van der Waals surface area contributed by atoms with E-state index >= 15 is 0 Å². The summed E-state index contributed by atoms with van der Waals surface area (Å²) < 4.78 is 54.9. The van der Waals surface area contributed by atoms with E-state index in [1.807, 2.05) is 0 Å². The van der Waals surface area contributed by atoms with Crippen LogP contribution in [0.15, 0.2) is 41.4 Å². The Hall–Kier alpha value is -3.06. The number of hydrogen-bond donors (Lipinski definition) is 0. The smallest absolute Gasteiger partial charge is 0.269 e. The number of benzene rings is 1. The number of rotatable bonds is 4. The second kappa shape index (κ2) is 6.10. The topological polar surface area (TPSA) is 91.4 Å². The summed E-state index contributed by atoms with van der Waals surface area (Å²) in [4.78, 5) is -0.199. The molecule has 0 atom stereocenters. The van der Waals surface area contributed by atoms with Crippen molar-refractivity contribution in [3.05, 3.63) is 54.0 Å². The Labute approximate surface area is 141 Å². The normalized spacial score (nSPS) is 11.4. The molecule has 128 valence electrons. The largest absolute Gasteiger partial charge is 0.286 e. The lowest BCUT2D eigenvalue weighted by Gasteiger charge is -2.21. The van der Waals surface area contributed by atoms with Gasteiger partial charge in [-0.15, -0.1) is 10.2 Å². The van der Waals surface area contributed by atoms with Crippen molar-refractivity contribution in [2.75, 3.05) is 10.8 Å². The van der Waals surface area contributed by atoms with Gasteiger partial charge >= 0.3 is 0 Å². The van der Waals surface area contributed by atoms with Gasteiger partial charge in [-0.25, -0.2) is 17.2 Å². The minimum Gasteiger partial charge on any atom is -0.286 e. The first-order chi connectivity index (χ1) is 11.9. The Morgan fingerprint density at radius 1 is 1.24 bits per heavy atom. The number of halogens is 2. The fourth-order valence-corrected chi connectivity index (χ4v) is 3.82. The van der Waals surface area contributed by atoms with E-state index in [2.05, 4.69) is 10.2 Å². The van der Waals surface area contributed by atoms with Crippen molar-refractivity contribution in [3.63, 3.8) is 0 Å². The average molecular weight is 363 g/mol. The number of fused-ring (bicyclic) bond motifs is 1. The summed E-state index contributed by atoms with van der Waals surface area (Å²) in [6.45, 7) is 1.07. The molecular formula is C15H11F2N5O2S. The van der Waals surface area contributed by atoms with E-state index in [1.54, 1.807) is 19.2 Å². The van der Waals surface area contributed by atoms with E-state index in [9.17, 15) is 17.2 Å². The molecule has 10 heteroatoms. The first-order valence-corrected chi connectivity index (χ1v) is 8.45. The van der Waals surface area contributed by atoms with E-state index in [0.29, 0.717) is 10.1 Å². The summed E-state index contributed by atoms with van der Waals surface area (Å²) in [5.41, 5.74) is -0.0933. The third-order valence-corrected chi connectivity index (χ3v) is 5.34. The maximum atomic E-state index is 13.5. The molecule has 2 heterocycles. The molecule has 0 bridgehead atoms. The van der Waals surface area contributed by atoms with Crippen LogP contribution < -0.4 is 4.31 Å². The van der Waals surface area contributed by atoms with Gasteiger partial charge in [0.2, 0.25) is 0 Å². The van der Waals surface area contributed by atoms with Gasteiger partial charge in [-0.3, -0.25) is 8.71 Å². The van der Waals surface area contributed by atoms with Crippen molar-refractivity contribution < 1.29 is 17.2 Å². The minimum absolute atomic E-state index is 0.0746. The molecule has 1 aromatic carbocycles. The molecule has 0 aliphatic rings. The SMILES string of the molecule is Cc1nnc2c(S(=O)(=O)N(CC#N)c3ccc(F)c(F)c3)cccn12. The van der Waals surface area contributed by atoms with Crippen LogP contribution in [0.4, 0.5) is 14.5 Å². The first kappa shape index (κ1) is 16.8. The van der Waals surface area contributed by atoms with Gasteiger partial charge in [-0.05, 0) is 31.2 Å². The van der Waals surface area contributed by atoms with Gasteiger partial charge in [0.1, 0.15) is 17.3 Å². The molecule has 0 radical (unpaired) electrons. The Kier molecular flexibility index (Phi) is 4.10. The van der Waals surface area contributed by atoms with Crippen LogP contribution in [0.3, 0.4) is 0 Å². The van der Waals surface area contributed by atoms with Crippen LogP contribution in [0.2, 0.25) is 0 Å². The molecule has 0 unspecified atom stereocenters. The molecule has 25 heavy (non-hydrogen) atoms. The molecule has 2 aromatic heterocycles. The molecule has 0 fully saturated rings. The van der Waals surface area contributed by atoms with Crippen LogP contribution in [0.1, 0.15) is 5.82 Å². The van der Waals surface area contributed by atoms with Crippen LogP contribution in [-0.4, -0.2) is 29.6 Å². The highest BCUT2D eigenvalue weighted by atomic mass is 32.2. The predicted octanol–water partition coefficient (Wildman–Crippen LogP) is 2.03. The summed E-state index contributed by atoms with van der Waals surface area (Å²) in [5.74, 6) is -1.85. The van der Waals surface area contributed by atoms with Gasteiger partial charge in [-0.1, -0.05) is 0 Å². The van der Waals surface area contributed by atoms with Gasteiger partial charge in [0.25, 0.3) is 10.0 Å². The number of nitriles is 1. The quantitative estimate of drug-likeness (QED) is 0.662. The number of aromatic nitrogens is 3. The van der Waals surface area contributed by atoms with Crippen LogP contribution in [0.25, 0.3) is 5.65 Å². The Balaban J connectivity index is 2.20. The van der Waals surface area contributed by atoms with E-state index in [4.69, 9.17) is 5.26 Å². The number of pyridine rings is 1. The van der Waals surface area contributed by atoms with Crippen LogP contribution >= 0.6 is 0 Å². The van der Waals surface area contributed by atoms with Crippen molar-refractivity contribution in [1.82, 2.24) is 14.6 Å². The maximum Gasteiger partial charge on any atom is 0.269 e. The maximum absolute atomic E-state index is 13.5. The lowest BCUT2D eigenvalue weighted by molar-refractivity contribution is 0.508. The zero-order valence-electron chi connectivity index (χ0n) is 12.9. The monoisotopic (exact) mass is 363 g/mol. The van der Waals surface area contributed by atoms with Crippen molar-refractivity contribution in [1.29, 1.82) is 5.26 Å². The number of hydrogen-bond acceptors (Lipinski definition) is 5. The van der Waals surface area contributed by atoms with Crippen molar-refractivity contribution in [2.24, 2.45) is 0 Å². The second-order valence-electron chi connectivity index (χ2n) is 5.08. The number of aryl methyl sites for hydroxylation is 1. The van der Waals surface area contributed by atoms with Gasteiger partial charge in [-0.2, -0.15) is 5.26 Å². The molecule has 0 spiro atoms. The van der Waals surface area contributed by atoms with Gasteiger partial charge in [0.15, 0.2) is 17.3 Å². The lowest BCUT2D eigenvalue weighted by Crippen LogP contribution is -2.32. The summed E-state index contributed by atoms with van der Waals surface area (Å²) >= 11 is 0. The third kappa shape index (κ3) is 2.78. The van der Waals surface area contributed by atoms with E-state index in [1.165, 1.54) is 16.5 Å². The fraction of sp³-hybridized carbons (Fsp3) is 0.133. The van der Waals surface area contributed by atoms with Crippen molar-refractivity contribution in [3.8, 4) is 6.07 Å². The van der Waals surface area contributed by atoms with Crippen LogP contribution in [0.5, 0.6) is 0 Å². The van der Waals surface area contributed by atoms with Crippen LogP contribution in [-0.2, 0) is 10.0 Å². The second-order valence-corrected chi connectivity index (χ2v) is 6.91. The van der Waals surface area contributed by atoms with E-state index < -0.39 is 28.2 Å². The van der Waals surface area contributed by atoms with E-state index in [0.717, 1.165) is 18.2 Å². The number of sulfonamides is 1. The number of anilines is 1. The Morgan fingerprint density at radius 2 is 2.00 bits per heavy atom. The van der Waals surface area contributed by atoms with Crippen LogP contribution in [0, 0.1) is 29.9 Å². The molecule has 0 amide bonds. The lowest BCUT2D eigenvalue weighted by atomic mass is 10.3. The molecule has 3 aromatic rings. The molecule has 3 rings (SSSR count). The summed E-state index contributed by atoms with van der Waals surface area (Å²) in [7, 11) is -4.26. The molecule has 0 aliphatic carbocycles. The standard InChI is InChI=1S/C15H11F2N5O2S/c1-10-19-20-15-14(3-2-7-21(10)15)25(23,24)22(8-6-18)11-4-5-12(16)13(17)9-11/h2-5,7,9H,8H2,1H3. The Bertz CT molecular complexity index is 1100.